The van der Waals surface area contributed by atoms with E-state index in [1.807, 2.05) is 0 Å². The van der Waals surface area contributed by atoms with Crippen LogP contribution in [0.25, 0.3) is 0 Å². The van der Waals surface area contributed by atoms with Crippen molar-refractivity contribution in [1.29, 1.82) is 0 Å². The molecule has 1 saturated heterocycles. The smallest absolute Gasteiger partial charge is 0.191 e. The highest BCUT2D eigenvalue weighted by molar-refractivity contribution is 5.80. The first-order valence-electron chi connectivity index (χ1n) is 11.7. The summed E-state index contributed by atoms with van der Waals surface area (Å²) in [4.78, 5) is 7.69. The van der Waals surface area contributed by atoms with Crippen LogP contribution in [0.3, 0.4) is 0 Å². The van der Waals surface area contributed by atoms with Gasteiger partial charge in [-0.05, 0) is 56.4 Å². The summed E-state index contributed by atoms with van der Waals surface area (Å²) in [6, 6.07) is 12.4. The fourth-order valence-corrected chi connectivity index (χ4v) is 5.13. The van der Waals surface area contributed by atoms with Crippen molar-refractivity contribution < 1.29 is 0 Å². The van der Waals surface area contributed by atoms with Crippen molar-refractivity contribution in [1.82, 2.24) is 15.5 Å². The Labute approximate surface area is 171 Å². The van der Waals surface area contributed by atoms with Crippen LogP contribution in [0.1, 0.15) is 69.8 Å². The number of nitrogens with zero attached hydrogens (tertiary/aromatic N) is 2. The molecule has 2 aliphatic carbocycles. The molecule has 4 heteroatoms. The molecule has 0 spiro atoms. The standard InChI is InChI=1S/C24H38N4/c1-2-25-24(26-18-20-17-23(20)19-9-5-3-6-10-19)27-21-13-15-28(16-14-21)22-11-7-4-8-12-22/h3,5-6,9-10,20-23H,2,4,7-8,11-18H2,1H3,(H2,25,26,27). The molecule has 2 atom stereocenters. The molecule has 3 aliphatic rings. The van der Waals surface area contributed by atoms with E-state index in [1.54, 1.807) is 0 Å². The van der Waals surface area contributed by atoms with Crippen molar-refractivity contribution in [2.75, 3.05) is 26.2 Å². The normalized spacial score (nSPS) is 27.5. The van der Waals surface area contributed by atoms with Crippen molar-refractivity contribution in [3.05, 3.63) is 35.9 Å². The van der Waals surface area contributed by atoms with Crippen LogP contribution in [-0.4, -0.2) is 49.1 Å². The molecule has 1 aromatic rings. The van der Waals surface area contributed by atoms with Crippen LogP contribution in [0.2, 0.25) is 0 Å². The largest absolute Gasteiger partial charge is 0.357 e. The third-order valence-corrected chi connectivity index (χ3v) is 6.94. The summed E-state index contributed by atoms with van der Waals surface area (Å²) in [5.74, 6) is 2.45. The van der Waals surface area contributed by atoms with Gasteiger partial charge >= 0.3 is 0 Å². The molecule has 2 unspecified atom stereocenters. The molecule has 4 rings (SSSR count). The van der Waals surface area contributed by atoms with Gasteiger partial charge in [0.2, 0.25) is 0 Å². The van der Waals surface area contributed by atoms with E-state index in [9.17, 15) is 0 Å². The number of benzene rings is 1. The van der Waals surface area contributed by atoms with Crippen LogP contribution >= 0.6 is 0 Å². The third-order valence-electron chi connectivity index (χ3n) is 6.94. The lowest BCUT2D eigenvalue weighted by molar-refractivity contribution is 0.119. The molecule has 154 valence electrons. The second-order valence-corrected chi connectivity index (χ2v) is 8.98. The van der Waals surface area contributed by atoms with Gasteiger partial charge in [-0.1, -0.05) is 49.6 Å². The fourth-order valence-electron chi connectivity index (χ4n) is 5.13. The maximum absolute atomic E-state index is 4.94. The molecule has 4 nitrogen and oxygen atoms in total. The number of rotatable bonds is 6. The summed E-state index contributed by atoms with van der Waals surface area (Å²) in [6.45, 7) is 6.53. The monoisotopic (exact) mass is 382 g/mol. The predicted octanol–water partition coefficient (Wildman–Crippen LogP) is 4.14. The van der Waals surface area contributed by atoms with E-state index < -0.39 is 0 Å². The summed E-state index contributed by atoms with van der Waals surface area (Å²) in [7, 11) is 0. The van der Waals surface area contributed by atoms with Crippen LogP contribution in [0, 0.1) is 5.92 Å². The Morgan fingerprint density at radius 1 is 1.04 bits per heavy atom. The van der Waals surface area contributed by atoms with Crippen molar-refractivity contribution in [3.8, 4) is 0 Å². The van der Waals surface area contributed by atoms with Gasteiger partial charge in [-0.15, -0.1) is 0 Å². The number of aliphatic imine (C=N–C) groups is 1. The molecule has 0 amide bonds. The zero-order valence-corrected chi connectivity index (χ0v) is 17.6. The highest BCUT2D eigenvalue weighted by atomic mass is 15.2. The molecule has 2 N–H and O–H groups in total. The van der Waals surface area contributed by atoms with Gasteiger partial charge in [0.25, 0.3) is 0 Å². The van der Waals surface area contributed by atoms with Crippen LogP contribution in [0.4, 0.5) is 0 Å². The lowest BCUT2D eigenvalue weighted by Crippen LogP contribution is -2.51. The SMILES string of the molecule is CCNC(=NCC1CC1c1ccccc1)NC1CCN(C2CCCCC2)CC1. The second-order valence-electron chi connectivity index (χ2n) is 8.98. The third kappa shape index (κ3) is 5.28. The Morgan fingerprint density at radius 3 is 2.50 bits per heavy atom. The maximum atomic E-state index is 4.94. The van der Waals surface area contributed by atoms with Gasteiger partial charge in [-0.2, -0.15) is 0 Å². The average Bonchev–Trinajstić information content (AvgIpc) is 3.54. The minimum atomic E-state index is 0.571. The number of guanidine groups is 1. The molecule has 0 radical (unpaired) electrons. The number of piperidine rings is 1. The molecule has 1 aliphatic heterocycles. The first-order valence-corrected chi connectivity index (χ1v) is 11.7. The number of likely N-dealkylation sites (tertiary alicyclic amines) is 1. The second kappa shape index (κ2) is 9.78. The van der Waals surface area contributed by atoms with Crippen LogP contribution in [0.15, 0.2) is 35.3 Å². The quantitative estimate of drug-likeness (QED) is 0.574. The highest BCUT2D eigenvalue weighted by Gasteiger charge is 2.37. The summed E-state index contributed by atoms with van der Waals surface area (Å²) in [6.07, 6.45) is 10.9. The number of hydrogen-bond acceptors (Lipinski definition) is 2. The van der Waals surface area contributed by atoms with E-state index >= 15 is 0 Å². The molecule has 0 aromatic heterocycles. The van der Waals surface area contributed by atoms with Gasteiger partial charge in [0.15, 0.2) is 5.96 Å². The lowest BCUT2D eigenvalue weighted by Gasteiger charge is -2.39. The summed E-state index contributed by atoms with van der Waals surface area (Å²) < 4.78 is 0. The Morgan fingerprint density at radius 2 is 1.79 bits per heavy atom. The minimum absolute atomic E-state index is 0.571. The van der Waals surface area contributed by atoms with Crippen LogP contribution in [0.5, 0.6) is 0 Å². The molecular weight excluding hydrogens is 344 g/mol. The van der Waals surface area contributed by atoms with Crippen molar-refractivity contribution in [3.63, 3.8) is 0 Å². The Kier molecular flexibility index (Phi) is 6.90. The van der Waals surface area contributed by atoms with Gasteiger partial charge in [0, 0.05) is 38.3 Å². The van der Waals surface area contributed by atoms with E-state index in [1.165, 1.54) is 70.0 Å². The molecular formula is C24H38N4. The zero-order valence-electron chi connectivity index (χ0n) is 17.6. The van der Waals surface area contributed by atoms with E-state index in [-0.39, 0.29) is 0 Å². The molecule has 0 bridgehead atoms. The molecule has 1 heterocycles. The van der Waals surface area contributed by atoms with E-state index in [0.29, 0.717) is 17.9 Å². The van der Waals surface area contributed by atoms with Crippen molar-refractivity contribution >= 4 is 5.96 Å². The van der Waals surface area contributed by atoms with Gasteiger partial charge in [-0.3, -0.25) is 4.99 Å². The van der Waals surface area contributed by atoms with Crippen LogP contribution < -0.4 is 10.6 Å². The summed E-state index contributed by atoms with van der Waals surface area (Å²) >= 11 is 0. The number of nitrogens with one attached hydrogen (secondary N) is 2. The molecule has 28 heavy (non-hydrogen) atoms. The number of hydrogen-bond donors (Lipinski definition) is 2. The van der Waals surface area contributed by atoms with E-state index in [0.717, 1.165) is 25.1 Å². The first-order chi connectivity index (χ1) is 13.8. The average molecular weight is 383 g/mol. The maximum Gasteiger partial charge on any atom is 0.191 e. The van der Waals surface area contributed by atoms with Gasteiger partial charge in [0.05, 0.1) is 0 Å². The summed E-state index contributed by atoms with van der Waals surface area (Å²) in [5, 5.41) is 7.20. The first kappa shape index (κ1) is 19.8. The van der Waals surface area contributed by atoms with Crippen molar-refractivity contribution in [2.45, 2.75) is 76.3 Å². The Balaban J connectivity index is 1.23. The van der Waals surface area contributed by atoms with E-state index in [2.05, 4.69) is 52.8 Å². The highest BCUT2D eigenvalue weighted by Crippen LogP contribution is 2.47. The zero-order chi connectivity index (χ0) is 19.2. The predicted molar refractivity (Wildman–Crippen MR) is 118 cm³/mol. The van der Waals surface area contributed by atoms with E-state index in [4.69, 9.17) is 4.99 Å². The topological polar surface area (TPSA) is 39.7 Å². The Hall–Kier alpha value is -1.55. The van der Waals surface area contributed by atoms with Crippen LogP contribution in [-0.2, 0) is 0 Å². The fraction of sp³-hybridized carbons (Fsp3) is 0.708. The van der Waals surface area contributed by atoms with Gasteiger partial charge in [0.1, 0.15) is 0 Å². The Bertz CT molecular complexity index is 615. The van der Waals surface area contributed by atoms with Gasteiger partial charge < -0.3 is 15.5 Å². The van der Waals surface area contributed by atoms with Crippen molar-refractivity contribution in [2.24, 2.45) is 10.9 Å². The van der Waals surface area contributed by atoms with Gasteiger partial charge in [-0.25, -0.2) is 0 Å². The summed E-state index contributed by atoms with van der Waals surface area (Å²) in [5.41, 5.74) is 1.48. The molecule has 3 fully saturated rings. The minimum Gasteiger partial charge on any atom is -0.357 e. The lowest BCUT2D eigenvalue weighted by atomic mass is 9.92. The molecule has 1 aromatic carbocycles. The molecule has 2 saturated carbocycles.